The number of aliphatic hydroxyl groups excluding tert-OH is 1. The lowest BCUT2D eigenvalue weighted by molar-refractivity contribution is 0.0206. The number of ether oxygens (including phenoxy) is 1. The van der Waals surface area contributed by atoms with Crippen LogP contribution in [0.4, 0.5) is 0 Å². The van der Waals surface area contributed by atoms with Gasteiger partial charge in [0, 0.05) is 18.6 Å². The van der Waals surface area contributed by atoms with E-state index < -0.39 is 6.10 Å². The first kappa shape index (κ1) is 19.3. The first-order chi connectivity index (χ1) is 11.2. The van der Waals surface area contributed by atoms with Gasteiger partial charge in [0.2, 0.25) is 0 Å². The summed E-state index contributed by atoms with van der Waals surface area (Å²) in [5.41, 5.74) is 2.47. The van der Waals surface area contributed by atoms with Gasteiger partial charge in [0.15, 0.2) is 0 Å². The minimum absolute atomic E-state index is 0.0300. The summed E-state index contributed by atoms with van der Waals surface area (Å²) in [4.78, 5) is 2.43. The molecule has 0 spiro atoms. The largest absolute Gasteiger partial charge is 0.491 e. The molecule has 2 rings (SSSR count). The van der Waals surface area contributed by atoms with E-state index in [-0.39, 0.29) is 5.41 Å². The lowest BCUT2D eigenvalue weighted by atomic mass is 9.85. The maximum Gasteiger partial charge on any atom is 0.123 e. The second kappa shape index (κ2) is 7.88. The number of likely N-dealkylation sites (tertiary alicyclic amines) is 1. The zero-order valence-corrected chi connectivity index (χ0v) is 16.3. The fourth-order valence-corrected chi connectivity index (χ4v) is 3.67. The minimum atomic E-state index is -0.456. The predicted octanol–water partition coefficient (Wildman–Crippen LogP) is 4.30. The molecule has 1 aromatic carbocycles. The van der Waals surface area contributed by atoms with E-state index in [2.05, 4.69) is 58.6 Å². The molecule has 3 nitrogen and oxygen atoms in total. The summed E-state index contributed by atoms with van der Waals surface area (Å²) in [7, 11) is 0. The molecule has 3 heteroatoms. The Balaban J connectivity index is 1.98. The third-order valence-electron chi connectivity index (χ3n) is 5.17. The zero-order valence-electron chi connectivity index (χ0n) is 16.3. The normalized spacial score (nSPS) is 24.0. The number of hydrogen-bond donors (Lipinski definition) is 1. The Morgan fingerprint density at radius 1 is 1.21 bits per heavy atom. The standard InChI is InChI=1S/C21H35NO2/c1-15-10-11-20(19(12-15)21(4,5)6)24-14-18(23)13-22-16(2)8-7-9-17(22)3/h10-12,16-18,23H,7-9,13-14H2,1-6H3. The Labute approximate surface area is 148 Å². The van der Waals surface area contributed by atoms with E-state index in [1.165, 1.54) is 30.4 Å². The van der Waals surface area contributed by atoms with E-state index >= 15 is 0 Å². The van der Waals surface area contributed by atoms with E-state index in [0.29, 0.717) is 25.2 Å². The fraction of sp³-hybridized carbons (Fsp3) is 0.714. The van der Waals surface area contributed by atoms with Crippen LogP contribution in [0.2, 0.25) is 0 Å². The topological polar surface area (TPSA) is 32.7 Å². The van der Waals surface area contributed by atoms with Crippen LogP contribution in [0.5, 0.6) is 5.75 Å². The maximum atomic E-state index is 10.5. The summed E-state index contributed by atoms with van der Waals surface area (Å²) in [6.07, 6.45) is 3.29. The summed E-state index contributed by atoms with van der Waals surface area (Å²) in [5.74, 6) is 0.895. The highest BCUT2D eigenvalue weighted by Gasteiger charge is 2.27. The molecule has 1 aliphatic rings. The summed E-state index contributed by atoms with van der Waals surface area (Å²) < 4.78 is 6.02. The van der Waals surface area contributed by atoms with E-state index in [0.717, 1.165) is 5.75 Å². The zero-order chi connectivity index (χ0) is 17.9. The van der Waals surface area contributed by atoms with Crippen LogP contribution in [0.15, 0.2) is 18.2 Å². The van der Waals surface area contributed by atoms with Crippen LogP contribution in [0.3, 0.4) is 0 Å². The molecule has 0 bridgehead atoms. The van der Waals surface area contributed by atoms with Crippen molar-refractivity contribution in [3.05, 3.63) is 29.3 Å². The van der Waals surface area contributed by atoms with Gasteiger partial charge in [-0.3, -0.25) is 4.90 Å². The van der Waals surface area contributed by atoms with Crippen molar-refractivity contribution in [1.29, 1.82) is 0 Å². The monoisotopic (exact) mass is 333 g/mol. The van der Waals surface area contributed by atoms with Crippen molar-refractivity contribution < 1.29 is 9.84 Å². The lowest BCUT2D eigenvalue weighted by Gasteiger charge is -2.40. The lowest BCUT2D eigenvalue weighted by Crippen LogP contribution is -2.48. The number of nitrogens with zero attached hydrogens (tertiary/aromatic N) is 1. The van der Waals surface area contributed by atoms with Gasteiger partial charge >= 0.3 is 0 Å². The first-order valence-corrected chi connectivity index (χ1v) is 9.36. The smallest absolute Gasteiger partial charge is 0.123 e. The second-order valence-corrected chi connectivity index (χ2v) is 8.54. The van der Waals surface area contributed by atoms with Crippen molar-refractivity contribution >= 4 is 0 Å². The van der Waals surface area contributed by atoms with Crippen molar-refractivity contribution in [2.75, 3.05) is 13.2 Å². The average molecular weight is 334 g/mol. The molecule has 0 saturated carbocycles. The quantitative estimate of drug-likeness (QED) is 0.872. The van der Waals surface area contributed by atoms with Gasteiger partial charge in [-0.25, -0.2) is 0 Å². The molecule has 0 amide bonds. The average Bonchev–Trinajstić information content (AvgIpc) is 2.49. The number of piperidine rings is 1. The molecule has 24 heavy (non-hydrogen) atoms. The van der Waals surface area contributed by atoms with Crippen molar-refractivity contribution in [2.24, 2.45) is 0 Å². The highest BCUT2D eigenvalue weighted by molar-refractivity contribution is 5.41. The highest BCUT2D eigenvalue weighted by Crippen LogP contribution is 2.32. The van der Waals surface area contributed by atoms with E-state index in [9.17, 15) is 5.11 Å². The second-order valence-electron chi connectivity index (χ2n) is 8.54. The number of β-amino-alcohol motifs (C(OH)–C–C–N with tert-alkyl or cyclic N) is 1. The van der Waals surface area contributed by atoms with E-state index in [4.69, 9.17) is 4.74 Å². The Hall–Kier alpha value is -1.06. The number of benzene rings is 1. The molecule has 3 atom stereocenters. The Morgan fingerprint density at radius 3 is 2.42 bits per heavy atom. The molecule has 1 N–H and O–H groups in total. The Morgan fingerprint density at radius 2 is 1.83 bits per heavy atom. The first-order valence-electron chi connectivity index (χ1n) is 9.36. The van der Waals surface area contributed by atoms with Crippen LogP contribution in [0.1, 0.15) is 65.0 Å². The fourth-order valence-electron chi connectivity index (χ4n) is 3.67. The Bertz CT molecular complexity index is 525. The maximum absolute atomic E-state index is 10.5. The van der Waals surface area contributed by atoms with Crippen molar-refractivity contribution in [3.63, 3.8) is 0 Å². The van der Waals surface area contributed by atoms with Crippen LogP contribution in [-0.4, -0.2) is 41.3 Å². The van der Waals surface area contributed by atoms with E-state index in [1.807, 2.05) is 6.07 Å². The molecule has 136 valence electrons. The molecule has 3 unspecified atom stereocenters. The molecular formula is C21H35NO2. The molecular weight excluding hydrogens is 298 g/mol. The van der Waals surface area contributed by atoms with Crippen LogP contribution in [0, 0.1) is 6.92 Å². The SMILES string of the molecule is Cc1ccc(OCC(O)CN2C(C)CCCC2C)c(C(C)(C)C)c1. The van der Waals surface area contributed by atoms with Gasteiger partial charge in [0.1, 0.15) is 18.5 Å². The van der Waals surface area contributed by atoms with Gasteiger partial charge in [-0.05, 0) is 50.7 Å². The van der Waals surface area contributed by atoms with Crippen LogP contribution >= 0.6 is 0 Å². The predicted molar refractivity (Wildman–Crippen MR) is 101 cm³/mol. The van der Waals surface area contributed by atoms with E-state index in [1.54, 1.807) is 0 Å². The van der Waals surface area contributed by atoms with Crippen LogP contribution in [0.25, 0.3) is 0 Å². The van der Waals surface area contributed by atoms with Crippen molar-refractivity contribution in [1.82, 2.24) is 4.90 Å². The van der Waals surface area contributed by atoms with Gasteiger partial charge < -0.3 is 9.84 Å². The van der Waals surface area contributed by atoms with Gasteiger partial charge in [0.25, 0.3) is 0 Å². The van der Waals surface area contributed by atoms with Crippen LogP contribution in [-0.2, 0) is 5.41 Å². The molecule has 1 aromatic rings. The summed E-state index contributed by atoms with van der Waals surface area (Å²) >= 11 is 0. The molecule has 1 aliphatic heterocycles. The molecule has 1 fully saturated rings. The molecule has 0 radical (unpaired) electrons. The van der Waals surface area contributed by atoms with Crippen molar-refractivity contribution in [3.8, 4) is 5.75 Å². The Kier molecular flexibility index (Phi) is 6.33. The van der Waals surface area contributed by atoms with Gasteiger partial charge in [-0.2, -0.15) is 0 Å². The highest BCUT2D eigenvalue weighted by atomic mass is 16.5. The number of rotatable bonds is 5. The minimum Gasteiger partial charge on any atom is -0.491 e. The number of aliphatic hydroxyl groups is 1. The number of aryl methyl sites for hydroxylation is 1. The van der Waals surface area contributed by atoms with Crippen LogP contribution < -0.4 is 4.74 Å². The molecule has 1 heterocycles. The summed E-state index contributed by atoms with van der Waals surface area (Å²) in [6, 6.07) is 7.40. The summed E-state index contributed by atoms with van der Waals surface area (Å²) in [6.45, 7) is 14.3. The molecule has 0 aliphatic carbocycles. The van der Waals surface area contributed by atoms with Gasteiger partial charge in [-0.15, -0.1) is 0 Å². The summed E-state index contributed by atoms with van der Waals surface area (Å²) in [5, 5.41) is 10.5. The molecule has 0 aromatic heterocycles. The molecule has 1 saturated heterocycles. The number of hydrogen-bond acceptors (Lipinski definition) is 3. The van der Waals surface area contributed by atoms with Gasteiger partial charge in [0.05, 0.1) is 0 Å². The van der Waals surface area contributed by atoms with Gasteiger partial charge in [-0.1, -0.05) is 44.9 Å². The third kappa shape index (κ3) is 4.97. The van der Waals surface area contributed by atoms with Crippen molar-refractivity contribution in [2.45, 2.75) is 84.4 Å². The third-order valence-corrected chi connectivity index (χ3v) is 5.17.